The summed E-state index contributed by atoms with van der Waals surface area (Å²) in [4.78, 5) is 39.6. The van der Waals surface area contributed by atoms with Crippen molar-refractivity contribution >= 4 is 23.3 Å². The molecule has 6 heteroatoms. The fourth-order valence-electron chi connectivity index (χ4n) is 2.16. The van der Waals surface area contributed by atoms with E-state index in [-0.39, 0.29) is 17.4 Å². The van der Waals surface area contributed by atoms with Crippen LogP contribution in [0.3, 0.4) is 0 Å². The Morgan fingerprint density at radius 3 is 2.36 bits per heavy atom. The number of aromatic nitrogens is 1. The van der Waals surface area contributed by atoms with E-state index in [1.807, 2.05) is 6.92 Å². The van der Waals surface area contributed by atoms with Crippen LogP contribution in [-0.2, 0) is 0 Å². The van der Waals surface area contributed by atoms with Gasteiger partial charge in [-0.2, -0.15) is 0 Å². The predicted molar refractivity (Wildman–Crippen MR) is 95.9 cm³/mol. The van der Waals surface area contributed by atoms with Crippen molar-refractivity contribution in [2.45, 2.75) is 26.7 Å². The summed E-state index contributed by atoms with van der Waals surface area (Å²) in [5.41, 5.74) is 1.67. The normalized spacial score (nSPS) is 10.2. The highest BCUT2D eigenvalue weighted by atomic mass is 16.2. The first-order chi connectivity index (χ1) is 12.0. The van der Waals surface area contributed by atoms with Gasteiger partial charge in [0, 0.05) is 29.6 Å². The second-order valence-corrected chi connectivity index (χ2v) is 5.63. The molecule has 0 fully saturated rings. The molecule has 1 heterocycles. The van der Waals surface area contributed by atoms with Gasteiger partial charge in [-0.05, 0) is 49.7 Å². The minimum Gasteiger partial charge on any atom is -0.352 e. The molecule has 1 aromatic carbocycles. The quantitative estimate of drug-likeness (QED) is 0.599. The van der Waals surface area contributed by atoms with E-state index in [4.69, 9.17) is 0 Å². The van der Waals surface area contributed by atoms with E-state index < -0.39 is 5.91 Å². The molecule has 0 aliphatic carbocycles. The van der Waals surface area contributed by atoms with E-state index >= 15 is 0 Å². The third-order valence-electron chi connectivity index (χ3n) is 3.62. The Hall–Kier alpha value is -3.02. The number of nitrogens with one attached hydrogen (secondary N) is 2. The zero-order chi connectivity index (χ0) is 18.2. The Morgan fingerprint density at radius 1 is 1.00 bits per heavy atom. The zero-order valence-corrected chi connectivity index (χ0v) is 14.3. The van der Waals surface area contributed by atoms with E-state index in [0.29, 0.717) is 23.4 Å². The Morgan fingerprint density at radius 2 is 1.72 bits per heavy atom. The van der Waals surface area contributed by atoms with Crippen LogP contribution in [-0.4, -0.2) is 29.1 Å². The van der Waals surface area contributed by atoms with Crippen molar-refractivity contribution in [2.75, 3.05) is 11.9 Å². The van der Waals surface area contributed by atoms with Crippen LogP contribution in [0.25, 0.3) is 0 Å². The van der Waals surface area contributed by atoms with Gasteiger partial charge in [0.2, 0.25) is 0 Å². The maximum absolute atomic E-state index is 12.3. The Labute approximate surface area is 146 Å². The van der Waals surface area contributed by atoms with Gasteiger partial charge in [0.15, 0.2) is 5.78 Å². The molecule has 0 unspecified atom stereocenters. The number of anilines is 1. The summed E-state index contributed by atoms with van der Waals surface area (Å²) in [5.74, 6) is -0.684. The highest BCUT2D eigenvalue weighted by molar-refractivity contribution is 6.05. The van der Waals surface area contributed by atoms with Gasteiger partial charge in [0.25, 0.3) is 11.8 Å². The standard InChI is InChI=1S/C19H21N3O3/c1-3-4-10-21-18(24)15-9-11-20-17(12-15)19(25)22-16-7-5-14(6-8-16)13(2)23/h5-9,11-12H,3-4,10H2,1-2H3,(H,21,24)(H,22,25). The number of benzene rings is 1. The first-order valence-corrected chi connectivity index (χ1v) is 8.18. The molecule has 130 valence electrons. The highest BCUT2D eigenvalue weighted by Crippen LogP contribution is 2.12. The SMILES string of the molecule is CCCCNC(=O)c1ccnc(C(=O)Nc2ccc(C(C)=O)cc2)c1. The second-order valence-electron chi connectivity index (χ2n) is 5.63. The molecule has 0 aliphatic heterocycles. The Bertz CT molecular complexity index is 770. The van der Waals surface area contributed by atoms with Crippen molar-refractivity contribution in [3.63, 3.8) is 0 Å². The van der Waals surface area contributed by atoms with E-state index in [9.17, 15) is 14.4 Å². The first-order valence-electron chi connectivity index (χ1n) is 8.18. The molecule has 2 aromatic rings. The number of pyridine rings is 1. The van der Waals surface area contributed by atoms with Gasteiger partial charge in [0.05, 0.1) is 0 Å². The van der Waals surface area contributed by atoms with Crippen LogP contribution in [0.5, 0.6) is 0 Å². The number of ketones is 1. The molecule has 6 nitrogen and oxygen atoms in total. The van der Waals surface area contributed by atoms with Crippen molar-refractivity contribution in [3.05, 3.63) is 59.4 Å². The first kappa shape index (κ1) is 18.3. The summed E-state index contributed by atoms with van der Waals surface area (Å²) in [6, 6.07) is 9.61. The minimum atomic E-state index is -0.418. The summed E-state index contributed by atoms with van der Waals surface area (Å²) in [6.45, 7) is 4.13. The monoisotopic (exact) mass is 339 g/mol. The summed E-state index contributed by atoms with van der Waals surface area (Å²) in [5, 5.41) is 5.50. The lowest BCUT2D eigenvalue weighted by atomic mass is 10.1. The largest absolute Gasteiger partial charge is 0.352 e. The average Bonchev–Trinajstić information content (AvgIpc) is 2.62. The third kappa shape index (κ3) is 5.24. The predicted octanol–water partition coefficient (Wildman–Crippen LogP) is 3.07. The van der Waals surface area contributed by atoms with Gasteiger partial charge in [-0.25, -0.2) is 0 Å². The highest BCUT2D eigenvalue weighted by Gasteiger charge is 2.12. The molecule has 0 aliphatic rings. The number of Topliss-reactive ketones (excluding diaryl/α,β-unsaturated/α-hetero) is 1. The summed E-state index contributed by atoms with van der Waals surface area (Å²) in [6.07, 6.45) is 3.33. The van der Waals surface area contributed by atoms with Gasteiger partial charge in [-0.1, -0.05) is 13.3 Å². The van der Waals surface area contributed by atoms with Gasteiger partial charge in [-0.3, -0.25) is 19.4 Å². The number of carbonyl (C=O) groups is 3. The number of rotatable bonds is 7. The molecule has 0 radical (unpaired) electrons. The van der Waals surface area contributed by atoms with Crippen LogP contribution in [0.2, 0.25) is 0 Å². The fraction of sp³-hybridized carbons (Fsp3) is 0.263. The third-order valence-corrected chi connectivity index (χ3v) is 3.62. The van der Waals surface area contributed by atoms with Gasteiger partial charge >= 0.3 is 0 Å². The molecule has 2 amide bonds. The molecule has 2 rings (SSSR count). The summed E-state index contributed by atoms with van der Waals surface area (Å²) < 4.78 is 0. The van der Waals surface area contributed by atoms with Crippen LogP contribution in [0.1, 0.15) is 57.9 Å². The summed E-state index contributed by atoms with van der Waals surface area (Å²) >= 11 is 0. The number of nitrogens with zero attached hydrogens (tertiary/aromatic N) is 1. The van der Waals surface area contributed by atoms with E-state index in [2.05, 4.69) is 15.6 Å². The van der Waals surface area contributed by atoms with Gasteiger partial charge in [0.1, 0.15) is 5.69 Å². The smallest absolute Gasteiger partial charge is 0.274 e. The van der Waals surface area contributed by atoms with Crippen LogP contribution in [0.15, 0.2) is 42.6 Å². The lowest BCUT2D eigenvalue weighted by molar-refractivity contribution is 0.0952. The number of hydrogen-bond donors (Lipinski definition) is 2. The molecule has 0 atom stereocenters. The lowest BCUT2D eigenvalue weighted by Crippen LogP contribution is -2.25. The molecule has 1 aromatic heterocycles. The Kier molecular flexibility index (Phi) is 6.39. The van der Waals surface area contributed by atoms with Crippen molar-refractivity contribution in [1.82, 2.24) is 10.3 Å². The van der Waals surface area contributed by atoms with Gasteiger partial charge in [-0.15, -0.1) is 0 Å². The Balaban J connectivity index is 2.05. The van der Waals surface area contributed by atoms with Crippen LogP contribution in [0, 0.1) is 0 Å². The molecular formula is C19H21N3O3. The van der Waals surface area contributed by atoms with Crippen LogP contribution in [0.4, 0.5) is 5.69 Å². The van der Waals surface area contributed by atoms with E-state index in [1.165, 1.54) is 19.2 Å². The molecule has 0 spiro atoms. The second kappa shape index (κ2) is 8.73. The lowest BCUT2D eigenvalue weighted by Gasteiger charge is -2.07. The van der Waals surface area contributed by atoms with Crippen molar-refractivity contribution in [3.8, 4) is 0 Å². The van der Waals surface area contributed by atoms with Crippen molar-refractivity contribution in [2.24, 2.45) is 0 Å². The minimum absolute atomic E-state index is 0.0404. The maximum atomic E-state index is 12.3. The summed E-state index contributed by atoms with van der Waals surface area (Å²) in [7, 11) is 0. The maximum Gasteiger partial charge on any atom is 0.274 e. The van der Waals surface area contributed by atoms with E-state index in [1.54, 1.807) is 30.3 Å². The molecule has 0 saturated heterocycles. The van der Waals surface area contributed by atoms with E-state index in [0.717, 1.165) is 12.8 Å². The molecule has 0 saturated carbocycles. The zero-order valence-electron chi connectivity index (χ0n) is 14.3. The fourth-order valence-corrected chi connectivity index (χ4v) is 2.16. The topological polar surface area (TPSA) is 88.2 Å². The van der Waals surface area contributed by atoms with Crippen molar-refractivity contribution in [1.29, 1.82) is 0 Å². The number of amides is 2. The molecule has 25 heavy (non-hydrogen) atoms. The molecular weight excluding hydrogens is 318 g/mol. The molecule has 0 bridgehead atoms. The van der Waals surface area contributed by atoms with Crippen molar-refractivity contribution < 1.29 is 14.4 Å². The number of unbranched alkanes of at least 4 members (excludes halogenated alkanes) is 1. The number of carbonyl (C=O) groups excluding carboxylic acids is 3. The van der Waals surface area contributed by atoms with Crippen LogP contribution >= 0.6 is 0 Å². The average molecular weight is 339 g/mol. The number of hydrogen-bond acceptors (Lipinski definition) is 4. The molecule has 2 N–H and O–H groups in total. The van der Waals surface area contributed by atoms with Crippen LogP contribution < -0.4 is 10.6 Å². The van der Waals surface area contributed by atoms with Gasteiger partial charge < -0.3 is 10.6 Å².